The topological polar surface area (TPSA) is 155 Å². The van der Waals surface area contributed by atoms with Gasteiger partial charge in [0.15, 0.2) is 0 Å². The van der Waals surface area contributed by atoms with Crippen LogP contribution in [0.15, 0.2) is 118 Å². The number of benzene rings is 4. The number of furan rings is 2. The number of rotatable bonds is 20. The lowest BCUT2D eigenvalue weighted by molar-refractivity contribution is -0.138. The van der Waals surface area contributed by atoms with E-state index in [0.29, 0.717) is 61.1 Å². The number of fused-ring (bicyclic) bond motifs is 2. The number of hydrogen-bond donors (Lipinski definition) is 2. The molecular formula is C52H56N4O8. The molecule has 332 valence electrons. The Kier molecular flexibility index (Phi) is 13.7. The normalized spacial score (nSPS) is 12.6. The number of aromatic nitrogens is 4. The van der Waals surface area contributed by atoms with E-state index >= 15 is 0 Å². The summed E-state index contributed by atoms with van der Waals surface area (Å²) in [6.45, 7) is 5.82. The van der Waals surface area contributed by atoms with Crippen LogP contribution in [-0.2, 0) is 22.6 Å². The Balaban J connectivity index is 0.000000199. The maximum Gasteiger partial charge on any atom is 0.303 e. The summed E-state index contributed by atoms with van der Waals surface area (Å²) >= 11 is 0. The molecule has 0 aliphatic heterocycles. The fourth-order valence-electron chi connectivity index (χ4n) is 7.37. The molecule has 0 bridgehead atoms. The molecule has 0 fully saturated rings. The van der Waals surface area contributed by atoms with Crippen LogP contribution in [-0.4, -0.2) is 54.5 Å². The first-order valence-corrected chi connectivity index (χ1v) is 21.6. The van der Waals surface area contributed by atoms with E-state index in [4.69, 9.17) is 32.6 Å². The van der Waals surface area contributed by atoms with Crippen molar-refractivity contribution in [3.05, 3.63) is 143 Å². The summed E-state index contributed by atoms with van der Waals surface area (Å²) in [5.74, 6) is 2.47. The number of carboxylic acid groups (broad SMARTS) is 2. The molecule has 12 nitrogen and oxygen atoms in total. The Bertz CT molecular complexity index is 2970. The number of hydrogen-bond acceptors (Lipinski definition) is 8. The van der Waals surface area contributed by atoms with Crippen LogP contribution in [0.1, 0.15) is 89.5 Å². The van der Waals surface area contributed by atoms with Gasteiger partial charge in [-0.1, -0.05) is 36.4 Å². The van der Waals surface area contributed by atoms with E-state index in [0.717, 1.165) is 80.9 Å². The van der Waals surface area contributed by atoms with E-state index < -0.39 is 25.0 Å². The van der Waals surface area contributed by atoms with Crippen molar-refractivity contribution in [3.8, 4) is 34.3 Å². The molecule has 1 unspecified atom stereocenters. The van der Waals surface area contributed by atoms with Crippen LogP contribution in [0.4, 0.5) is 0 Å². The predicted octanol–water partition coefficient (Wildman–Crippen LogP) is 12.0. The van der Waals surface area contributed by atoms with Gasteiger partial charge in [-0.15, -0.1) is 0 Å². The number of aliphatic carboxylic acids is 2. The maximum absolute atomic E-state index is 10.7. The number of unbranched alkanes of at least 4 members (excludes halogenated alkanes) is 4. The first-order chi connectivity index (χ1) is 32.2. The summed E-state index contributed by atoms with van der Waals surface area (Å²) in [5, 5.41) is 19.5. The van der Waals surface area contributed by atoms with Crippen molar-refractivity contribution in [1.29, 1.82) is 0 Å². The zero-order chi connectivity index (χ0) is 47.7. The molecule has 0 spiro atoms. The Morgan fingerprint density at radius 2 is 1.06 bits per heavy atom. The van der Waals surface area contributed by atoms with Gasteiger partial charge in [0.1, 0.15) is 45.8 Å². The van der Waals surface area contributed by atoms with Gasteiger partial charge >= 0.3 is 11.9 Å². The second-order valence-electron chi connectivity index (χ2n) is 15.8. The first-order valence-electron chi connectivity index (χ1n) is 23.2. The van der Waals surface area contributed by atoms with E-state index in [2.05, 4.69) is 9.97 Å². The zero-order valence-electron chi connectivity index (χ0n) is 39.7. The Morgan fingerprint density at radius 3 is 1.59 bits per heavy atom. The third-order valence-corrected chi connectivity index (χ3v) is 10.6. The third-order valence-electron chi connectivity index (χ3n) is 10.6. The second kappa shape index (κ2) is 21.3. The zero-order valence-corrected chi connectivity index (χ0v) is 36.7. The molecule has 4 aromatic carbocycles. The average Bonchev–Trinajstić information content (AvgIpc) is 4.09. The maximum atomic E-state index is 10.7. The molecule has 0 amide bonds. The number of aryl methyl sites for hydroxylation is 4. The Labute approximate surface area is 377 Å². The molecule has 12 heteroatoms. The summed E-state index contributed by atoms with van der Waals surface area (Å²) in [4.78, 5) is 30.4. The van der Waals surface area contributed by atoms with Crippen LogP contribution in [0.3, 0.4) is 0 Å². The minimum absolute atomic E-state index is 0.145. The molecular weight excluding hydrogens is 809 g/mol. The third kappa shape index (κ3) is 11.7. The summed E-state index contributed by atoms with van der Waals surface area (Å²) in [7, 11) is 0. The average molecular weight is 868 g/mol. The summed E-state index contributed by atoms with van der Waals surface area (Å²) in [6.07, 6.45) is 8.01. The Hall–Kier alpha value is -7.08. The van der Waals surface area contributed by atoms with Crippen molar-refractivity contribution in [3.63, 3.8) is 0 Å². The predicted molar refractivity (Wildman–Crippen MR) is 248 cm³/mol. The lowest BCUT2D eigenvalue weighted by Crippen LogP contribution is -2.07. The first kappa shape index (κ1) is 41.0. The molecule has 4 heterocycles. The number of para-hydroxylation sites is 2. The van der Waals surface area contributed by atoms with Crippen LogP contribution < -0.4 is 9.47 Å². The van der Waals surface area contributed by atoms with E-state index in [1.54, 1.807) is 35.2 Å². The molecule has 0 aliphatic carbocycles. The van der Waals surface area contributed by atoms with Crippen molar-refractivity contribution >= 4 is 33.9 Å². The van der Waals surface area contributed by atoms with E-state index in [1.807, 2.05) is 111 Å². The van der Waals surface area contributed by atoms with Gasteiger partial charge in [-0.2, -0.15) is 0 Å². The fraction of sp³-hybridized carbons (Fsp3) is 0.308. The SMILES string of the molecule is [2H]C([2H])(c1ccccc1OCCCCCC(=O)O)n1c(C)cnc1-c1ccc2oc(C)cc2c1.[2H]C(c1ccccc1OCCCCCC(=O)O)n1c(C)cnc1-c1ccc2oc(C)cc2c1. The summed E-state index contributed by atoms with van der Waals surface area (Å²) in [6, 6.07) is 30.3. The molecule has 0 saturated carbocycles. The van der Waals surface area contributed by atoms with Gasteiger partial charge in [0, 0.05) is 69.6 Å². The largest absolute Gasteiger partial charge is 0.493 e. The van der Waals surface area contributed by atoms with Gasteiger partial charge in [0.05, 0.1) is 30.3 Å². The van der Waals surface area contributed by atoms with Crippen molar-refractivity contribution in [2.45, 2.75) is 92.1 Å². The molecule has 64 heavy (non-hydrogen) atoms. The van der Waals surface area contributed by atoms with E-state index in [1.165, 1.54) is 0 Å². The summed E-state index contributed by atoms with van der Waals surface area (Å²) < 4.78 is 54.0. The van der Waals surface area contributed by atoms with Crippen LogP contribution in [0, 0.1) is 27.7 Å². The van der Waals surface area contributed by atoms with Gasteiger partial charge < -0.3 is 37.7 Å². The molecule has 2 N–H and O–H groups in total. The van der Waals surface area contributed by atoms with Crippen LogP contribution >= 0.6 is 0 Å². The number of ether oxygens (including phenoxy) is 2. The number of nitrogens with zero attached hydrogens (tertiary/aromatic N) is 4. The standard InChI is InChI=1S/2C26H28N2O4/c2*1-18-16-27-26(20-11-12-24-22(15-20)14-19(2)32-24)28(18)17-21-8-5-6-9-23(21)31-13-7-3-4-10-25(29)30/h2*5-6,8-9,11-12,14-16H,3-4,7,10,13,17H2,1-2H3,(H,29,30)/i17D2;17D. The highest BCUT2D eigenvalue weighted by molar-refractivity contribution is 5.84. The van der Waals surface area contributed by atoms with Crippen LogP contribution in [0.2, 0.25) is 0 Å². The van der Waals surface area contributed by atoms with Gasteiger partial charge in [0.2, 0.25) is 0 Å². The van der Waals surface area contributed by atoms with Crippen molar-refractivity contribution in [2.75, 3.05) is 13.2 Å². The Morgan fingerprint density at radius 1 is 0.594 bits per heavy atom. The van der Waals surface area contributed by atoms with Crippen molar-refractivity contribution in [2.24, 2.45) is 0 Å². The second-order valence-corrected chi connectivity index (χ2v) is 15.8. The van der Waals surface area contributed by atoms with Gasteiger partial charge in [-0.05, 0) is 127 Å². The molecule has 0 saturated heterocycles. The smallest absolute Gasteiger partial charge is 0.303 e. The molecule has 0 radical (unpaired) electrons. The van der Waals surface area contributed by atoms with Crippen molar-refractivity contribution < 1.29 is 42.2 Å². The van der Waals surface area contributed by atoms with Gasteiger partial charge in [0.25, 0.3) is 0 Å². The van der Waals surface area contributed by atoms with Gasteiger partial charge in [-0.3, -0.25) is 9.59 Å². The van der Waals surface area contributed by atoms with E-state index in [-0.39, 0.29) is 12.8 Å². The van der Waals surface area contributed by atoms with Crippen LogP contribution in [0.25, 0.3) is 44.7 Å². The number of imidazole rings is 2. The molecule has 4 aromatic heterocycles. The highest BCUT2D eigenvalue weighted by Crippen LogP contribution is 2.31. The monoisotopic (exact) mass is 867 g/mol. The van der Waals surface area contributed by atoms with Gasteiger partial charge in [-0.25, -0.2) is 9.97 Å². The lowest BCUT2D eigenvalue weighted by atomic mass is 10.1. The molecule has 1 atom stereocenters. The van der Waals surface area contributed by atoms with Crippen LogP contribution in [0.5, 0.6) is 11.5 Å². The number of carboxylic acids is 2. The molecule has 8 rings (SSSR count). The summed E-state index contributed by atoms with van der Waals surface area (Å²) in [5.41, 5.74) is 6.06. The molecule has 0 aliphatic rings. The minimum Gasteiger partial charge on any atom is -0.493 e. The quantitative estimate of drug-likeness (QED) is 0.0707. The minimum atomic E-state index is -1.92. The highest BCUT2D eigenvalue weighted by atomic mass is 16.5. The highest BCUT2D eigenvalue weighted by Gasteiger charge is 2.16. The number of carbonyl (C=O) groups is 2. The molecule has 8 aromatic rings. The lowest BCUT2D eigenvalue weighted by Gasteiger charge is -2.15. The fourth-order valence-corrected chi connectivity index (χ4v) is 7.37. The van der Waals surface area contributed by atoms with Crippen molar-refractivity contribution in [1.82, 2.24) is 19.1 Å². The van der Waals surface area contributed by atoms with E-state index in [9.17, 15) is 9.59 Å².